The third-order valence-corrected chi connectivity index (χ3v) is 4.42. The summed E-state index contributed by atoms with van der Waals surface area (Å²) in [6.07, 6.45) is 5.08. The average molecular weight is 272 g/mol. The van der Waals surface area contributed by atoms with Crippen LogP contribution in [-0.4, -0.2) is 9.65 Å². The Bertz CT molecular complexity index is 63.7. The highest BCUT2D eigenvalue weighted by atomic mass is 79.9. The second-order valence-corrected chi connectivity index (χ2v) is 4.96. The maximum atomic E-state index is 3.66. The second-order valence-electron chi connectivity index (χ2n) is 2.61. The smallest absolute Gasteiger partial charge is 0.0271 e. The lowest BCUT2D eigenvalue weighted by Crippen LogP contribution is -2.12. The van der Waals surface area contributed by atoms with Gasteiger partial charge in [-0.1, -0.05) is 58.5 Å². The molecule has 0 aromatic carbocycles. The first-order valence-electron chi connectivity index (χ1n) is 4.00. The van der Waals surface area contributed by atoms with Gasteiger partial charge < -0.3 is 0 Å². The number of alkyl halides is 2. The Morgan fingerprint density at radius 2 is 1.20 bits per heavy atom. The summed E-state index contributed by atoms with van der Waals surface area (Å²) < 4.78 is 0. The Morgan fingerprint density at radius 1 is 0.900 bits per heavy atom. The molecule has 2 atom stereocenters. The lowest BCUT2D eigenvalue weighted by molar-refractivity contribution is 0.668. The molecular weight excluding hydrogens is 256 g/mol. The van der Waals surface area contributed by atoms with Crippen LogP contribution in [0.1, 0.15) is 39.5 Å². The lowest BCUT2D eigenvalue weighted by atomic mass is 10.1. The Morgan fingerprint density at radius 3 is 1.40 bits per heavy atom. The van der Waals surface area contributed by atoms with Crippen LogP contribution in [0, 0.1) is 0 Å². The zero-order chi connectivity index (χ0) is 7.98. The molecule has 0 aliphatic heterocycles. The van der Waals surface area contributed by atoms with E-state index in [1.54, 1.807) is 0 Å². The zero-order valence-corrected chi connectivity index (χ0v) is 9.91. The summed E-state index contributed by atoms with van der Waals surface area (Å²) in [6, 6.07) is 0. The zero-order valence-electron chi connectivity index (χ0n) is 6.74. The molecule has 0 rings (SSSR count). The van der Waals surface area contributed by atoms with Crippen molar-refractivity contribution in [2.45, 2.75) is 49.2 Å². The second kappa shape index (κ2) is 6.66. The van der Waals surface area contributed by atoms with Gasteiger partial charge in [-0.2, -0.15) is 0 Å². The topological polar surface area (TPSA) is 0 Å². The monoisotopic (exact) mass is 270 g/mol. The van der Waals surface area contributed by atoms with Crippen LogP contribution in [-0.2, 0) is 0 Å². The van der Waals surface area contributed by atoms with E-state index in [-0.39, 0.29) is 0 Å². The van der Waals surface area contributed by atoms with Gasteiger partial charge in [-0.05, 0) is 12.8 Å². The predicted octanol–water partition coefficient (Wildman–Crippen LogP) is 4.11. The van der Waals surface area contributed by atoms with Gasteiger partial charge in [0.1, 0.15) is 0 Å². The van der Waals surface area contributed by atoms with Gasteiger partial charge in [0, 0.05) is 9.65 Å². The van der Waals surface area contributed by atoms with Crippen molar-refractivity contribution in [3.8, 4) is 0 Å². The minimum atomic E-state index is 0.664. The number of hydrogen-bond acceptors (Lipinski definition) is 0. The Hall–Kier alpha value is 0.960. The molecule has 0 spiro atoms. The van der Waals surface area contributed by atoms with E-state index in [4.69, 9.17) is 0 Å². The molecule has 0 saturated heterocycles. The summed E-state index contributed by atoms with van der Waals surface area (Å²) in [4.78, 5) is 1.33. The molecular formula is C8H16Br2. The van der Waals surface area contributed by atoms with Crippen molar-refractivity contribution in [1.29, 1.82) is 0 Å². The summed E-state index contributed by atoms with van der Waals surface area (Å²) in [6.45, 7) is 4.44. The molecule has 0 fully saturated rings. The number of rotatable bonds is 5. The quantitative estimate of drug-likeness (QED) is 0.660. The van der Waals surface area contributed by atoms with Crippen LogP contribution in [0.15, 0.2) is 0 Å². The summed E-state index contributed by atoms with van der Waals surface area (Å²) in [5.74, 6) is 0. The van der Waals surface area contributed by atoms with Crippen LogP contribution in [0.25, 0.3) is 0 Å². The molecule has 0 nitrogen and oxygen atoms in total. The van der Waals surface area contributed by atoms with Crippen molar-refractivity contribution in [2.75, 3.05) is 0 Å². The van der Waals surface area contributed by atoms with Gasteiger partial charge in [0.05, 0.1) is 0 Å². The van der Waals surface area contributed by atoms with Gasteiger partial charge in [-0.15, -0.1) is 0 Å². The van der Waals surface area contributed by atoms with Crippen molar-refractivity contribution in [1.82, 2.24) is 0 Å². The highest BCUT2D eigenvalue weighted by Crippen LogP contribution is 2.22. The van der Waals surface area contributed by atoms with Crippen LogP contribution in [0.2, 0.25) is 0 Å². The molecule has 0 N–H and O–H groups in total. The van der Waals surface area contributed by atoms with Crippen molar-refractivity contribution in [3.63, 3.8) is 0 Å². The summed E-state index contributed by atoms with van der Waals surface area (Å²) >= 11 is 7.32. The molecule has 0 heterocycles. The van der Waals surface area contributed by atoms with E-state index >= 15 is 0 Å². The van der Waals surface area contributed by atoms with Gasteiger partial charge in [0.15, 0.2) is 0 Å². The molecule has 0 aliphatic rings. The largest absolute Gasteiger partial charge is 0.0879 e. The van der Waals surface area contributed by atoms with Crippen LogP contribution in [0.4, 0.5) is 0 Å². The molecule has 0 amide bonds. The summed E-state index contributed by atoms with van der Waals surface area (Å²) in [7, 11) is 0. The SMILES string of the molecule is CCC[C@@H](Br)[C@@H](Br)CCC. The van der Waals surface area contributed by atoms with Crippen molar-refractivity contribution in [3.05, 3.63) is 0 Å². The van der Waals surface area contributed by atoms with E-state index in [0.29, 0.717) is 9.65 Å². The molecule has 0 saturated carbocycles. The summed E-state index contributed by atoms with van der Waals surface area (Å²) in [5, 5.41) is 0. The minimum Gasteiger partial charge on any atom is -0.0879 e. The molecule has 0 aliphatic carbocycles. The van der Waals surface area contributed by atoms with E-state index in [2.05, 4.69) is 45.7 Å². The normalized spacial score (nSPS) is 16.8. The number of hydrogen-bond donors (Lipinski definition) is 0. The van der Waals surface area contributed by atoms with Crippen molar-refractivity contribution in [2.24, 2.45) is 0 Å². The number of halogens is 2. The fourth-order valence-electron chi connectivity index (χ4n) is 0.913. The molecule has 0 aromatic rings. The van der Waals surface area contributed by atoms with Gasteiger partial charge in [0.2, 0.25) is 0 Å². The van der Waals surface area contributed by atoms with Gasteiger partial charge in [-0.3, -0.25) is 0 Å². The standard InChI is InChI=1S/C8H16Br2/c1-3-5-7(9)8(10)6-4-2/h7-8H,3-6H2,1-2H3/t7-,8+. The van der Waals surface area contributed by atoms with Crippen LogP contribution >= 0.6 is 31.9 Å². The van der Waals surface area contributed by atoms with Crippen LogP contribution in [0.5, 0.6) is 0 Å². The van der Waals surface area contributed by atoms with Gasteiger partial charge in [0.25, 0.3) is 0 Å². The third kappa shape index (κ3) is 4.73. The van der Waals surface area contributed by atoms with Crippen LogP contribution < -0.4 is 0 Å². The Balaban J connectivity index is 3.38. The van der Waals surface area contributed by atoms with E-state index in [1.165, 1.54) is 25.7 Å². The fourth-order valence-corrected chi connectivity index (χ4v) is 2.36. The minimum absolute atomic E-state index is 0.664. The van der Waals surface area contributed by atoms with Gasteiger partial charge in [-0.25, -0.2) is 0 Å². The van der Waals surface area contributed by atoms with E-state index in [1.807, 2.05) is 0 Å². The van der Waals surface area contributed by atoms with E-state index in [9.17, 15) is 0 Å². The van der Waals surface area contributed by atoms with Crippen molar-refractivity contribution >= 4 is 31.9 Å². The Kier molecular flexibility index (Phi) is 7.30. The maximum Gasteiger partial charge on any atom is 0.0271 e. The maximum absolute atomic E-state index is 3.66. The predicted molar refractivity (Wildman–Crippen MR) is 55.2 cm³/mol. The molecule has 10 heavy (non-hydrogen) atoms. The van der Waals surface area contributed by atoms with Gasteiger partial charge >= 0.3 is 0 Å². The highest BCUT2D eigenvalue weighted by Gasteiger charge is 2.12. The van der Waals surface area contributed by atoms with E-state index < -0.39 is 0 Å². The van der Waals surface area contributed by atoms with E-state index in [0.717, 1.165) is 0 Å². The Labute approximate surface area is 81.0 Å². The van der Waals surface area contributed by atoms with Crippen molar-refractivity contribution < 1.29 is 0 Å². The highest BCUT2D eigenvalue weighted by molar-refractivity contribution is 9.12. The first-order chi connectivity index (χ1) is 4.72. The van der Waals surface area contributed by atoms with Crippen LogP contribution in [0.3, 0.4) is 0 Å². The molecule has 0 aromatic heterocycles. The molecule has 62 valence electrons. The molecule has 2 heteroatoms. The third-order valence-electron chi connectivity index (χ3n) is 1.52. The average Bonchev–Trinajstić information content (AvgIpc) is 1.89. The molecule has 0 unspecified atom stereocenters. The molecule has 0 bridgehead atoms. The summed E-state index contributed by atoms with van der Waals surface area (Å²) in [5.41, 5.74) is 0. The lowest BCUT2D eigenvalue weighted by Gasteiger charge is -2.14. The molecule has 0 radical (unpaired) electrons. The first kappa shape index (κ1) is 11.0. The first-order valence-corrected chi connectivity index (χ1v) is 5.83. The fraction of sp³-hybridized carbons (Fsp3) is 1.00.